The Labute approximate surface area is 244 Å². The van der Waals surface area contributed by atoms with Gasteiger partial charge in [0, 0.05) is 48.1 Å². The summed E-state index contributed by atoms with van der Waals surface area (Å²) < 4.78 is 18.3. The van der Waals surface area contributed by atoms with Crippen LogP contribution in [0.4, 0.5) is 11.5 Å². The first-order valence-corrected chi connectivity index (χ1v) is 14.0. The third kappa shape index (κ3) is 6.14. The lowest BCUT2D eigenvalue weighted by Crippen LogP contribution is -2.27. The second-order valence-electron chi connectivity index (χ2n) is 9.04. The molecule has 4 aromatic rings. The number of halogens is 2. The standard InChI is InChI=1S/C30H34Cl2N4O4/c1-6-35(7-2)13-14-40-21-11-9-20(10-12-21)34-26-16-23-19(18-33-26)15-22(30(37)36(23)8-3)27-28(31)24(38-4)17-25(39-5)29(27)32/h9-12,15-18H,6-8,13-14H2,1-5H3,(H,33,34). The Balaban J connectivity index is 1.64. The van der Waals surface area contributed by atoms with Crippen LogP contribution in [-0.2, 0) is 6.54 Å². The van der Waals surface area contributed by atoms with E-state index in [4.69, 9.17) is 37.4 Å². The minimum atomic E-state index is -0.238. The minimum absolute atomic E-state index is 0.235. The van der Waals surface area contributed by atoms with Crippen molar-refractivity contribution in [2.75, 3.05) is 45.8 Å². The monoisotopic (exact) mass is 584 g/mol. The van der Waals surface area contributed by atoms with Crippen LogP contribution < -0.4 is 25.1 Å². The highest BCUT2D eigenvalue weighted by Crippen LogP contribution is 2.45. The summed E-state index contributed by atoms with van der Waals surface area (Å²) in [6.07, 6.45) is 1.72. The van der Waals surface area contributed by atoms with Crippen LogP contribution in [0.15, 0.2) is 53.5 Å². The predicted molar refractivity (Wildman–Crippen MR) is 163 cm³/mol. The van der Waals surface area contributed by atoms with Crippen LogP contribution in [0.2, 0.25) is 10.0 Å². The quantitative estimate of drug-likeness (QED) is 0.194. The van der Waals surface area contributed by atoms with E-state index in [1.54, 1.807) is 22.9 Å². The van der Waals surface area contributed by atoms with E-state index in [9.17, 15) is 4.79 Å². The SMILES string of the molecule is CCN(CC)CCOc1ccc(Nc2cc3c(cn2)cc(-c2c(Cl)c(OC)cc(OC)c2Cl)c(=O)n3CC)cc1. The summed E-state index contributed by atoms with van der Waals surface area (Å²) in [4.78, 5) is 20.6. The number of aromatic nitrogens is 2. The van der Waals surface area contributed by atoms with Crippen molar-refractivity contribution >= 4 is 45.6 Å². The fraction of sp³-hybridized carbons (Fsp3) is 0.333. The molecule has 0 atom stereocenters. The van der Waals surface area contributed by atoms with Gasteiger partial charge < -0.3 is 29.0 Å². The molecule has 0 aliphatic heterocycles. The number of aryl methyl sites for hydroxylation is 1. The molecule has 0 saturated heterocycles. The molecular weight excluding hydrogens is 551 g/mol. The third-order valence-electron chi connectivity index (χ3n) is 6.83. The first-order valence-electron chi connectivity index (χ1n) is 13.2. The summed E-state index contributed by atoms with van der Waals surface area (Å²) in [6.45, 7) is 10.2. The number of benzene rings is 2. The molecular formula is C30H34Cl2N4O4. The molecule has 2 aromatic carbocycles. The lowest BCUT2D eigenvalue weighted by Gasteiger charge is -2.18. The Kier molecular flexibility index (Phi) is 9.79. The molecule has 10 heteroatoms. The lowest BCUT2D eigenvalue weighted by atomic mass is 10.0. The maximum absolute atomic E-state index is 13.7. The lowest BCUT2D eigenvalue weighted by molar-refractivity contribution is 0.223. The highest BCUT2D eigenvalue weighted by atomic mass is 35.5. The van der Waals surface area contributed by atoms with E-state index in [-0.39, 0.29) is 15.6 Å². The first-order chi connectivity index (χ1) is 19.3. The summed E-state index contributed by atoms with van der Waals surface area (Å²) >= 11 is 13.3. The summed E-state index contributed by atoms with van der Waals surface area (Å²) in [5.74, 6) is 2.14. The molecule has 0 spiro atoms. The number of pyridine rings is 2. The van der Waals surface area contributed by atoms with Crippen LogP contribution in [0.1, 0.15) is 20.8 Å². The fourth-order valence-corrected chi connectivity index (χ4v) is 5.27. The molecule has 2 aromatic heterocycles. The number of ether oxygens (including phenoxy) is 3. The number of nitrogens with zero attached hydrogens (tertiary/aromatic N) is 3. The molecule has 8 nitrogen and oxygen atoms in total. The van der Waals surface area contributed by atoms with Crippen LogP contribution in [0.25, 0.3) is 22.0 Å². The molecule has 0 bridgehead atoms. The van der Waals surface area contributed by atoms with Gasteiger partial charge in [0.15, 0.2) is 0 Å². The molecule has 1 N–H and O–H groups in total. The third-order valence-corrected chi connectivity index (χ3v) is 7.59. The Morgan fingerprint density at radius 1 is 0.950 bits per heavy atom. The molecule has 0 aliphatic carbocycles. The zero-order valence-corrected chi connectivity index (χ0v) is 24.9. The molecule has 4 rings (SSSR count). The van der Waals surface area contributed by atoms with Crippen molar-refractivity contribution in [3.8, 4) is 28.4 Å². The van der Waals surface area contributed by atoms with E-state index in [0.29, 0.717) is 41.6 Å². The van der Waals surface area contributed by atoms with E-state index in [1.165, 1.54) is 14.2 Å². The highest BCUT2D eigenvalue weighted by Gasteiger charge is 2.22. The number of hydrogen-bond donors (Lipinski definition) is 1. The van der Waals surface area contributed by atoms with Crippen LogP contribution in [0, 0.1) is 0 Å². The molecule has 40 heavy (non-hydrogen) atoms. The van der Waals surface area contributed by atoms with E-state index < -0.39 is 0 Å². The zero-order valence-electron chi connectivity index (χ0n) is 23.4. The van der Waals surface area contributed by atoms with Crippen molar-refractivity contribution in [3.05, 3.63) is 69.1 Å². The second-order valence-corrected chi connectivity index (χ2v) is 9.80. The van der Waals surface area contributed by atoms with Crippen LogP contribution in [-0.4, -0.2) is 54.9 Å². The molecule has 0 aliphatic rings. The number of rotatable bonds is 12. The molecule has 2 heterocycles. The van der Waals surface area contributed by atoms with Gasteiger partial charge in [0.1, 0.15) is 29.7 Å². The molecule has 0 unspecified atom stereocenters. The predicted octanol–water partition coefficient (Wildman–Crippen LogP) is 6.87. The molecule has 0 saturated carbocycles. The minimum Gasteiger partial charge on any atom is -0.495 e. The van der Waals surface area contributed by atoms with Gasteiger partial charge in [-0.15, -0.1) is 0 Å². The average Bonchev–Trinajstić information content (AvgIpc) is 2.97. The van der Waals surface area contributed by atoms with E-state index in [1.807, 2.05) is 37.3 Å². The largest absolute Gasteiger partial charge is 0.495 e. The van der Waals surface area contributed by atoms with Gasteiger partial charge in [0.25, 0.3) is 5.56 Å². The Hall–Kier alpha value is -3.46. The highest BCUT2D eigenvalue weighted by molar-refractivity contribution is 6.41. The van der Waals surface area contributed by atoms with E-state index >= 15 is 0 Å². The second kappa shape index (κ2) is 13.3. The van der Waals surface area contributed by atoms with Crippen LogP contribution in [0.3, 0.4) is 0 Å². The van der Waals surface area contributed by atoms with Gasteiger partial charge in [0.05, 0.1) is 35.3 Å². The van der Waals surface area contributed by atoms with Gasteiger partial charge in [0.2, 0.25) is 0 Å². The van der Waals surface area contributed by atoms with Crippen molar-refractivity contribution in [2.45, 2.75) is 27.3 Å². The number of likely N-dealkylation sites (N-methyl/N-ethyl adjacent to an activating group) is 1. The van der Waals surface area contributed by atoms with Crippen molar-refractivity contribution in [3.63, 3.8) is 0 Å². The van der Waals surface area contributed by atoms with Crippen molar-refractivity contribution < 1.29 is 14.2 Å². The number of anilines is 2. The van der Waals surface area contributed by atoms with E-state index in [0.717, 1.165) is 42.0 Å². The van der Waals surface area contributed by atoms with Crippen LogP contribution in [0.5, 0.6) is 17.2 Å². The molecule has 0 radical (unpaired) electrons. The van der Waals surface area contributed by atoms with Gasteiger partial charge >= 0.3 is 0 Å². The van der Waals surface area contributed by atoms with Gasteiger partial charge in [-0.3, -0.25) is 4.79 Å². The molecule has 0 amide bonds. The summed E-state index contributed by atoms with van der Waals surface area (Å²) in [5, 5.41) is 4.54. The summed E-state index contributed by atoms with van der Waals surface area (Å²) in [5.41, 5.74) is 2.03. The summed E-state index contributed by atoms with van der Waals surface area (Å²) in [6, 6.07) is 12.9. The van der Waals surface area contributed by atoms with Gasteiger partial charge in [-0.1, -0.05) is 37.0 Å². The Morgan fingerprint density at radius 2 is 1.60 bits per heavy atom. The maximum Gasteiger partial charge on any atom is 0.259 e. The fourth-order valence-electron chi connectivity index (χ4n) is 4.57. The number of hydrogen-bond acceptors (Lipinski definition) is 7. The van der Waals surface area contributed by atoms with Crippen molar-refractivity contribution in [2.24, 2.45) is 0 Å². The average molecular weight is 586 g/mol. The number of fused-ring (bicyclic) bond motifs is 1. The number of nitrogens with one attached hydrogen (secondary N) is 1. The van der Waals surface area contributed by atoms with Crippen LogP contribution >= 0.6 is 23.2 Å². The molecule has 212 valence electrons. The topological polar surface area (TPSA) is 77.9 Å². The van der Waals surface area contributed by atoms with Gasteiger partial charge in [-0.05, 0) is 50.3 Å². The number of methoxy groups -OCH3 is 2. The Morgan fingerprint density at radius 3 is 2.17 bits per heavy atom. The molecule has 0 fully saturated rings. The van der Waals surface area contributed by atoms with E-state index in [2.05, 4.69) is 29.0 Å². The van der Waals surface area contributed by atoms with Gasteiger partial charge in [-0.25, -0.2) is 4.98 Å². The van der Waals surface area contributed by atoms with Crippen molar-refractivity contribution in [1.29, 1.82) is 0 Å². The van der Waals surface area contributed by atoms with Gasteiger partial charge in [-0.2, -0.15) is 0 Å². The maximum atomic E-state index is 13.7. The Bertz CT molecular complexity index is 1510. The summed E-state index contributed by atoms with van der Waals surface area (Å²) in [7, 11) is 2.99. The first kappa shape index (κ1) is 29.5. The van der Waals surface area contributed by atoms with Crippen molar-refractivity contribution in [1.82, 2.24) is 14.5 Å². The normalized spacial score (nSPS) is 11.2. The zero-order chi connectivity index (χ0) is 28.8. The smallest absolute Gasteiger partial charge is 0.259 e.